The molecule has 0 bridgehead atoms. The molecular formula is C11H21N3O3. The SMILES string of the molecule is CC(C(=O)N(CCO)C1CCCC1)/C(N)=N/O. The summed E-state index contributed by atoms with van der Waals surface area (Å²) in [4.78, 5) is 13.8. The van der Waals surface area contributed by atoms with Crippen molar-refractivity contribution in [3.63, 3.8) is 0 Å². The Morgan fingerprint density at radius 1 is 1.53 bits per heavy atom. The van der Waals surface area contributed by atoms with Crippen LogP contribution in [0.5, 0.6) is 0 Å². The number of nitrogens with two attached hydrogens (primary N) is 1. The van der Waals surface area contributed by atoms with Gasteiger partial charge in [-0.25, -0.2) is 0 Å². The lowest BCUT2D eigenvalue weighted by molar-refractivity contribution is -0.135. The molecule has 0 heterocycles. The molecule has 1 aliphatic carbocycles. The van der Waals surface area contributed by atoms with Crippen molar-refractivity contribution in [1.82, 2.24) is 4.90 Å². The van der Waals surface area contributed by atoms with Crippen LogP contribution in [0.25, 0.3) is 0 Å². The van der Waals surface area contributed by atoms with Crippen molar-refractivity contribution in [1.29, 1.82) is 0 Å². The van der Waals surface area contributed by atoms with Gasteiger partial charge in [-0.3, -0.25) is 4.79 Å². The predicted molar refractivity (Wildman–Crippen MR) is 63.6 cm³/mol. The van der Waals surface area contributed by atoms with Crippen LogP contribution in [-0.2, 0) is 4.79 Å². The quantitative estimate of drug-likeness (QED) is 0.276. The van der Waals surface area contributed by atoms with Crippen molar-refractivity contribution < 1.29 is 15.1 Å². The summed E-state index contributed by atoms with van der Waals surface area (Å²) in [5, 5.41) is 20.5. The summed E-state index contributed by atoms with van der Waals surface area (Å²) in [5.74, 6) is -0.913. The summed E-state index contributed by atoms with van der Waals surface area (Å²) in [5.41, 5.74) is 5.44. The first-order chi connectivity index (χ1) is 8.11. The Morgan fingerprint density at radius 3 is 2.59 bits per heavy atom. The normalized spacial score (nSPS) is 19.3. The lowest BCUT2D eigenvalue weighted by Gasteiger charge is -2.30. The summed E-state index contributed by atoms with van der Waals surface area (Å²) < 4.78 is 0. The van der Waals surface area contributed by atoms with Crippen molar-refractivity contribution in [2.75, 3.05) is 13.2 Å². The van der Waals surface area contributed by atoms with Crippen LogP contribution in [0.2, 0.25) is 0 Å². The van der Waals surface area contributed by atoms with Crippen LogP contribution in [0, 0.1) is 5.92 Å². The third kappa shape index (κ3) is 3.33. The van der Waals surface area contributed by atoms with E-state index in [4.69, 9.17) is 16.0 Å². The van der Waals surface area contributed by atoms with Crippen molar-refractivity contribution in [3.05, 3.63) is 0 Å². The maximum Gasteiger partial charge on any atom is 0.233 e. The maximum atomic E-state index is 12.2. The van der Waals surface area contributed by atoms with Gasteiger partial charge in [-0.1, -0.05) is 18.0 Å². The standard InChI is InChI=1S/C11H21N3O3/c1-8(10(12)13-17)11(16)14(6-7-15)9-4-2-3-5-9/h8-9,15,17H,2-7H2,1H3,(H2,12,13). The molecule has 1 amide bonds. The van der Waals surface area contributed by atoms with E-state index in [0.29, 0.717) is 6.54 Å². The number of nitrogens with zero attached hydrogens (tertiary/aromatic N) is 2. The molecule has 0 radical (unpaired) electrons. The van der Waals surface area contributed by atoms with Gasteiger partial charge in [0.2, 0.25) is 5.91 Å². The number of aliphatic hydroxyl groups excluding tert-OH is 1. The molecule has 1 aliphatic rings. The highest BCUT2D eigenvalue weighted by Crippen LogP contribution is 2.24. The highest BCUT2D eigenvalue weighted by atomic mass is 16.4. The Morgan fingerprint density at radius 2 is 2.12 bits per heavy atom. The van der Waals surface area contributed by atoms with Crippen molar-refractivity contribution in [2.24, 2.45) is 16.8 Å². The number of carbonyl (C=O) groups excluding carboxylic acids is 1. The van der Waals surface area contributed by atoms with E-state index in [2.05, 4.69) is 5.16 Å². The van der Waals surface area contributed by atoms with E-state index in [1.54, 1.807) is 11.8 Å². The molecule has 1 unspecified atom stereocenters. The molecule has 0 aromatic heterocycles. The first kappa shape index (κ1) is 13.8. The first-order valence-electron chi connectivity index (χ1n) is 6.00. The zero-order valence-corrected chi connectivity index (χ0v) is 10.2. The third-order valence-electron chi connectivity index (χ3n) is 3.32. The van der Waals surface area contributed by atoms with Crippen LogP contribution in [0.15, 0.2) is 5.16 Å². The largest absolute Gasteiger partial charge is 0.409 e. The van der Waals surface area contributed by atoms with Gasteiger partial charge in [0.15, 0.2) is 5.84 Å². The zero-order chi connectivity index (χ0) is 12.8. The smallest absolute Gasteiger partial charge is 0.233 e. The van der Waals surface area contributed by atoms with Crippen LogP contribution in [0.3, 0.4) is 0 Å². The van der Waals surface area contributed by atoms with Crippen LogP contribution >= 0.6 is 0 Å². The number of amides is 1. The maximum absolute atomic E-state index is 12.2. The summed E-state index contributed by atoms with van der Waals surface area (Å²) in [7, 11) is 0. The molecule has 1 rings (SSSR count). The topological polar surface area (TPSA) is 99.2 Å². The monoisotopic (exact) mass is 243 g/mol. The summed E-state index contributed by atoms with van der Waals surface area (Å²) in [6, 6.07) is 0.184. The first-order valence-corrected chi connectivity index (χ1v) is 6.00. The minimum atomic E-state index is -0.646. The minimum Gasteiger partial charge on any atom is -0.409 e. The molecule has 1 saturated carbocycles. The predicted octanol–water partition coefficient (Wildman–Crippen LogP) is 0.132. The Kier molecular flexibility index (Phi) is 5.21. The van der Waals surface area contributed by atoms with Gasteiger partial charge >= 0.3 is 0 Å². The van der Waals surface area contributed by atoms with Gasteiger partial charge in [0.05, 0.1) is 12.5 Å². The molecule has 98 valence electrons. The number of amidine groups is 1. The Hall–Kier alpha value is -1.30. The molecule has 1 fully saturated rings. The Bertz CT molecular complexity index is 288. The molecule has 6 nitrogen and oxygen atoms in total. The van der Waals surface area contributed by atoms with Gasteiger partial charge in [-0.05, 0) is 19.8 Å². The lowest BCUT2D eigenvalue weighted by Crippen LogP contribution is -2.46. The molecule has 6 heteroatoms. The molecule has 0 aliphatic heterocycles. The zero-order valence-electron chi connectivity index (χ0n) is 10.2. The van der Waals surface area contributed by atoms with Gasteiger partial charge in [-0.15, -0.1) is 0 Å². The van der Waals surface area contributed by atoms with E-state index in [1.807, 2.05) is 0 Å². The van der Waals surface area contributed by atoms with Crippen LogP contribution in [0.1, 0.15) is 32.6 Å². The van der Waals surface area contributed by atoms with E-state index in [0.717, 1.165) is 25.7 Å². The molecule has 0 saturated heterocycles. The summed E-state index contributed by atoms with van der Waals surface area (Å²) in [6.45, 7) is 1.86. The average Bonchev–Trinajstić information content (AvgIpc) is 2.86. The molecule has 0 aromatic rings. The average molecular weight is 243 g/mol. The van der Waals surface area contributed by atoms with Gasteiger partial charge in [0, 0.05) is 12.6 Å². The fourth-order valence-electron chi connectivity index (χ4n) is 2.26. The van der Waals surface area contributed by atoms with Crippen molar-refractivity contribution in [3.8, 4) is 0 Å². The molecule has 0 aromatic carbocycles. The Balaban J connectivity index is 2.72. The highest BCUT2D eigenvalue weighted by molar-refractivity contribution is 6.01. The number of aliphatic hydroxyl groups is 1. The second-order valence-electron chi connectivity index (χ2n) is 4.44. The second-order valence-corrected chi connectivity index (χ2v) is 4.44. The third-order valence-corrected chi connectivity index (χ3v) is 3.32. The number of hydrogen-bond acceptors (Lipinski definition) is 4. The van der Waals surface area contributed by atoms with Crippen LogP contribution < -0.4 is 5.73 Å². The van der Waals surface area contributed by atoms with Gasteiger partial charge in [-0.2, -0.15) is 0 Å². The molecule has 0 spiro atoms. The van der Waals surface area contributed by atoms with Gasteiger partial charge in [0.1, 0.15) is 0 Å². The lowest BCUT2D eigenvalue weighted by atomic mass is 10.1. The number of hydrogen-bond donors (Lipinski definition) is 3. The molecule has 4 N–H and O–H groups in total. The fraction of sp³-hybridized carbons (Fsp3) is 0.818. The highest BCUT2D eigenvalue weighted by Gasteiger charge is 2.30. The number of carbonyl (C=O) groups is 1. The van der Waals surface area contributed by atoms with E-state index in [9.17, 15) is 4.79 Å². The molecule has 17 heavy (non-hydrogen) atoms. The van der Waals surface area contributed by atoms with Crippen molar-refractivity contribution in [2.45, 2.75) is 38.6 Å². The van der Waals surface area contributed by atoms with Crippen LogP contribution in [0.4, 0.5) is 0 Å². The molecule has 1 atom stereocenters. The summed E-state index contributed by atoms with van der Waals surface area (Å²) in [6.07, 6.45) is 4.15. The van der Waals surface area contributed by atoms with Gasteiger partial charge < -0.3 is 20.9 Å². The van der Waals surface area contributed by atoms with E-state index < -0.39 is 5.92 Å². The molecular weight excluding hydrogens is 222 g/mol. The van der Waals surface area contributed by atoms with E-state index in [1.165, 1.54) is 0 Å². The van der Waals surface area contributed by atoms with Gasteiger partial charge in [0.25, 0.3) is 0 Å². The Labute approximate surface area is 101 Å². The number of rotatable bonds is 5. The summed E-state index contributed by atoms with van der Waals surface area (Å²) >= 11 is 0. The minimum absolute atomic E-state index is 0.0644. The fourth-order valence-corrected chi connectivity index (χ4v) is 2.26. The second kappa shape index (κ2) is 6.44. The van der Waals surface area contributed by atoms with E-state index >= 15 is 0 Å². The van der Waals surface area contributed by atoms with E-state index in [-0.39, 0.29) is 24.4 Å². The van der Waals surface area contributed by atoms with Crippen LogP contribution in [-0.4, -0.2) is 46.1 Å². The van der Waals surface area contributed by atoms with Crippen molar-refractivity contribution >= 4 is 11.7 Å². The number of oxime groups is 1.